The fraction of sp³-hybridized carbons (Fsp3) is 0.417. The number of anilines is 1. The van der Waals surface area contributed by atoms with E-state index in [1.165, 1.54) is 0 Å². The Kier molecular flexibility index (Phi) is 6.03. The van der Waals surface area contributed by atoms with Gasteiger partial charge in [0, 0.05) is 21.8 Å². The lowest BCUT2D eigenvalue weighted by Gasteiger charge is -2.16. The van der Waals surface area contributed by atoms with E-state index in [2.05, 4.69) is 24.5 Å². The third-order valence-corrected chi connectivity index (χ3v) is 2.88. The highest BCUT2D eigenvalue weighted by Gasteiger charge is 2.04. The van der Waals surface area contributed by atoms with E-state index in [0.29, 0.717) is 21.2 Å². The van der Waals surface area contributed by atoms with Crippen molar-refractivity contribution in [3.8, 4) is 0 Å². The summed E-state index contributed by atoms with van der Waals surface area (Å²) in [6.07, 6.45) is 2.21. The highest BCUT2D eigenvalue weighted by atomic mass is 35.5. The molecule has 2 N–H and O–H groups in total. The second kappa shape index (κ2) is 7.04. The van der Waals surface area contributed by atoms with Crippen molar-refractivity contribution in [2.24, 2.45) is 0 Å². The van der Waals surface area contributed by atoms with Gasteiger partial charge in [-0.15, -0.1) is 0 Å². The van der Waals surface area contributed by atoms with E-state index in [0.717, 1.165) is 18.5 Å². The maximum Gasteiger partial charge on any atom is 0.170 e. The summed E-state index contributed by atoms with van der Waals surface area (Å²) in [5.74, 6) is 0. The van der Waals surface area contributed by atoms with Crippen LogP contribution in [0.4, 0.5) is 5.69 Å². The van der Waals surface area contributed by atoms with Gasteiger partial charge in [-0.3, -0.25) is 0 Å². The summed E-state index contributed by atoms with van der Waals surface area (Å²) in [7, 11) is 0. The maximum absolute atomic E-state index is 5.90. The lowest BCUT2D eigenvalue weighted by atomic mass is 10.2. The molecule has 0 aliphatic heterocycles. The van der Waals surface area contributed by atoms with Gasteiger partial charge < -0.3 is 10.6 Å². The van der Waals surface area contributed by atoms with Gasteiger partial charge in [-0.1, -0.05) is 36.5 Å². The van der Waals surface area contributed by atoms with Crippen LogP contribution in [0.25, 0.3) is 0 Å². The molecule has 0 saturated carbocycles. The van der Waals surface area contributed by atoms with Crippen molar-refractivity contribution < 1.29 is 0 Å². The number of hydrogen-bond donors (Lipinski definition) is 2. The van der Waals surface area contributed by atoms with Crippen LogP contribution in [-0.4, -0.2) is 11.2 Å². The molecule has 0 radical (unpaired) electrons. The Morgan fingerprint density at radius 2 is 1.88 bits per heavy atom. The first-order chi connectivity index (χ1) is 8.01. The molecule has 1 atom stereocenters. The van der Waals surface area contributed by atoms with Gasteiger partial charge in [-0.25, -0.2) is 0 Å². The first kappa shape index (κ1) is 14.6. The van der Waals surface area contributed by atoms with Crippen molar-refractivity contribution in [1.29, 1.82) is 0 Å². The van der Waals surface area contributed by atoms with E-state index in [9.17, 15) is 0 Å². The van der Waals surface area contributed by atoms with Crippen molar-refractivity contribution >= 4 is 46.2 Å². The molecule has 1 aromatic carbocycles. The van der Waals surface area contributed by atoms with Gasteiger partial charge in [0.15, 0.2) is 5.11 Å². The van der Waals surface area contributed by atoms with Crippen LogP contribution in [0.15, 0.2) is 18.2 Å². The first-order valence-corrected chi connectivity index (χ1v) is 6.71. The van der Waals surface area contributed by atoms with Crippen LogP contribution in [0.5, 0.6) is 0 Å². The highest BCUT2D eigenvalue weighted by Crippen LogP contribution is 2.22. The van der Waals surface area contributed by atoms with E-state index in [1.807, 2.05) is 0 Å². The smallest absolute Gasteiger partial charge is 0.170 e. The van der Waals surface area contributed by atoms with Gasteiger partial charge in [0.1, 0.15) is 0 Å². The average molecular weight is 291 g/mol. The zero-order valence-corrected chi connectivity index (χ0v) is 12.2. The van der Waals surface area contributed by atoms with E-state index >= 15 is 0 Å². The second-order valence-corrected chi connectivity index (χ2v) is 5.23. The zero-order chi connectivity index (χ0) is 12.8. The average Bonchev–Trinajstić information content (AvgIpc) is 2.14. The van der Waals surface area contributed by atoms with Crippen molar-refractivity contribution in [2.75, 3.05) is 5.32 Å². The van der Waals surface area contributed by atoms with E-state index in [4.69, 9.17) is 35.4 Å². The predicted octanol–water partition coefficient (Wildman–Crippen LogP) is 4.47. The SMILES string of the molecule is CCC[C@H](C)NC(=S)Nc1cc(Cl)cc(Cl)c1. The molecule has 2 nitrogen and oxygen atoms in total. The van der Waals surface area contributed by atoms with Crippen molar-refractivity contribution in [3.05, 3.63) is 28.2 Å². The lowest BCUT2D eigenvalue weighted by molar-refractivity contribution is 0.599. The summed E-state index contributed by atoms with van der Waals surface area (Å²) < 4.78 is 0. The summed E-state index contributed by atoms with van der Waals surface area (Å²) in [6, 6.07) is 5.61. The van der Waals surface area contributed by atoms with Gasteiger partial charge >= 0.3 is 0 Å². The van der Waals surface area contributed by atoms with E-state index < -0.39 is 0 Å². The molecule has 94 valence electrons. The van der Waals surface area contributed by atoms with Gasteiger partial charge in [0.25, 0.3) is 0 Å². The number of thiocarbonyl (C=S) groups is 1. The molecule has 0 aromatic heterocycles. The van der Waals surface area contributed by atoms with Crippen LogP contribution < -0.4 is 10.6 Å². The molecule has 1 rings (SSSR count). The minimum atomic E-state index is 0.356. The summed E-state index contributed by atoms with van der Waals surface area (Å²) in [5.41, 5.74) is 0.795. The Labute approximate surface area is 118 Å². The molecule has 17 heavy (non-hydrogen) atoms. The Hall–Kier alpha value is -0.510. The number of benzene rings is 1. The van der Waals surface area contributed by atoms with Crippen LogP contribution in [0.1, 0.15) is 26.7 Å². The number of halogens is 2. The van der Waals surface area contributed by atoms with Crippen LogP contribution in [-0.2, 0) is 0 Å². The fourth-order valence-electron chi connectivity index (χ4n) is 1.52. The number of rotatable bonds is 4. The van der Waals surface area contributed by atoms with Crippen molar-refractivity contribution in [1.82, 2.24) is 5.32 Å². The van der Waals surface area contributed by atoms with Gasteiger partial charge in [0.05, 0.1) is 0 Å². The molecule has 0 saturated heterocycles. The highest BCUT2D eigenvalue weighted by molar-refractivity contribution is 7.80. The molecule has 1 aromatic rings. The largest absolute Gasteiger partial charge is 0.360 e. The Morgan fingerprint density at radius 3 is 2.41 bits per heavy atom. The lowest BCUT2D eigenvalue weighted by Crippen LogP contribution is -2.35. The molecule has 0 bridgehead atoms. The molecule has 0 aliphatic carbocycles. The third-order valence-electron chi connectivity index (χ3n) is 2.22. The molecule has 5 heteroatoms. The van der Waals surface area contributed by atoms with Gasteiger partial charge in [-0.2, -0.15) is 0 Å². The number of nitrogens with one attached hydrogen (secondary N) is 2. The molecular formula is C12H16Cl2N2S. The second-order valence-electron chi connectivity index (χ2n) is 3.95. The van der Waals surface area contributed by atoms with E-state index in [-0.39, 0.29) is 0 Å². The minimum absolute atomic E-state index is 0.356. The maximum atomic E-state index is 5.90. The van der Waals surface area contributed by atoms with E-state index in [1.54, 1.807) is 18.2 Å². The summed E-state index contributed by atoms with van der Waals surface area (Å²) in [4.78, 5) is 0. The van der Waals surface area contributed by atoms with Gasteiger partial charge in [0.2, 0.25) is 0 Å². The molecule has 0 fully saturated rings. The Morgan fingerprint density at radius 1 is 1.29 bits per heavy atom. The predicted molar refractivity (Wildman–Crippen MR) is 80.2 cm³/mol. The standard InChI is InChI=1S/C12H16Cl2N2S/c1-3-4-8(2)15-12(17)16-11-6-9(13)5-10(14)7-11/h5-8H,3-4H2,1-2H3,(H2,15,16,17)/t8-/m0/s1. The normalized spacial score (nSPS) is 12.0. The molecule has 0 amide bonds. The molecule has 0 unspecified atom stereocenters. The van der Waals surface area contributed by atoms with Crippen LogP contribution in [0.3, 0.4) is 0 Å². The molecule has 0 spiro atoms. The third kappa shape index (κ3) is 5.57. The van der Waals surface area contributed by atoms with Crippen LogP contribution in [0, 0.1) is 0 Å². The topological polar surface area (TPSA) is 24.1 Å². The van der Waals surface area contributed by atoms with Crippen molar-refractivity contribution in [3.63, 3.8) is 0 Å². The number of hydrogen-bond acceptors (Lipinski definition) is 1. The monoisotopic (exact) mass is 290 g/mol. The summed E-state index contributed by atoms with van der Waals surface area (Å²) >= 11 is 17.0. The molecule has 0 heterocycles. The van der Waals surface area contributed by atoms with Crippen LogP contribution in [0.2, 0.25) is 10.0 Å². The first-order valence-electron chi connectivity index (χ1n) is 5.55. The van der Waals surface area contributed by atoms with Crippen LogP contribution >= 0.6 is 35.4 Å². The summed E-state index contributed by atoms with van der Waals surface area (Å²) in [6.45, 7) is 4.24. The molecule has 0 aliphatic rings. The Balaban J connectivity index is 2.56. The zero-order valence-electron chi connectivity index (χ0n) is 9.89. The minimum Gasteiger partial charge on any atom is -0.360 e. The fourth-order valence-corrected chi connectivity index (χ4v) is 2.37. The Bertz CT molecular complexity index is 376. The van der Waals surface area contributed by atoms with Crippen molar-refractivity contribution in [2.45, 2.75) is 32.7 Å². The quantitative estimate of drug-likeness (QED) is 0.800. The molecular weight excluding hydrogens is 275 g/mol. The van der Waals surface area contributed by atoms with Gasteiger partial charge in [-0.05, 0) is 43.8 Å². The summed E-state index contributed by atoms with van der Waals surface area (Å²) in [5, 5.41) is 8.03.